The van der Waals surface area contributed by atoms with E-state index in [2.05, 4.69) is 21.4 Å². The van der Waals surface area contributed by atoms with Crippen LogP contribution in [0.1, 0.15) is 11.4 Å². The SMILES string of the molecule is COc1cccc(CNCc2ncc[nH]2)c1. The van der Waals surface area contributed by atoms with Crippen molar-refractivity contribution >= 4 is 0 Å². The largest absolute Gasteiger partial charge is 0.497 e. The first-order chi connectivity index (χ1) is 7.88. The average molecular weight is 217 g/mol. The second kappa shape index (κ2) is 5.32. The van der Waals surface area contributed by atoms with Crippen molar-refractivity contribution in [2.75, 3.05) is 7.11 Å². The van der Waals surface area contributed by atoms with Gasteiger partial charge in [0.2, 0.25) is 0 Å². The molecule has 2 N–H and O–H groups in total. The van der Waals surface area contributed by atoms with Crippen molar-refractivity contribution in [1.82, 2.24) is 15.3 Å². The number of hydrogen-bond donors (Lipinski definition) is 2. The van der Waals surface area contributed by atoms with E-state index in [-0.39, 0.29) is 0 Å². The van der Waals surface area contributed by atoms with Gasteiger partial charge in [-0.15, -0.1) is 0 Å². The summed E-state index contributed by atoms with van der Waals surface area (Å²) in [5.74, 6) is 1.83. The minimum atomic E-state index is 0.740. The maximum Gasteiger partial charge on any atom is 0.120 e. The van der Waals surface area contributed by atoms with E-state index in [1.54, 1.807) is 13.3 Å². The van der Waals surface area contributed by atoms with Gasteiger partial charge in [0, 0.05) is 18.9 Å². The van der Waals surface area contributed by atoms with Gasteiger partial charge in [-0.25, -0.2) is 4.98 Å². The van der Waals surface area contributed by atoms with Crippen molar-refractivity contribution in [1.29, 1.82) is 0 Å². The molecular weight excluding hydrogens is 202 g/mol. The van der Waals surface area contributed by atoms with Crippen LogP contribution in [0.4, 0.5) is 0 Å². The summed E-state index contributed by atoms with van der Waals surface area (Å²) < 4.78 is 5.16. The van der Waals surface area contributed by atoms with Crippen LogP contribution < -0.4 is 10.1 Å². The van der Waals surface area contributed by atoms with Crippen molar-refractivity contribution < 1.29 is 4.74 Å². The van der Waals surface area contributed by atoms with Gasteiger partial charge < -0.3 is 15.0 Å². The number of hydrogen-bond acceptors (Lipinski definition) is 3. The number of aromatic nitrogens is 2. The molecule has 0 amide bonds. The van der Waals surface area contributed by atoms with Crippen molar-refractivity contribution in [3.05, 3.63) is 48.0 Å². The molecule has 0 saturated heterocycles. The third-order valence-corrected chi connectivity index (χ3v) is 2.31. The topological polar surface area (TPSA) is 49.9 Å². The molecule has 0 unspecified atom stereocenters. The van der Waals surface area contributed by atoms with Crippen LogP contribution in [0.15, 0.2) is 36.7 Å². The highest BCUT2D eigenvalue weighted by molar-refractivity contribution is 5.28. The van der Waals surface area contributed by atoms with Crippen molar-refractivity contribution in [3.8, 4) is 5.75 Å². The van der Waals surface area contributed by atoms with E-state index in [1.165, 1.54) is 5.56 Å². The van der Waals surface area contributed by atoms with E-state index in [0.29, 0.717) is 0 Å². The summed E-state index contributed by atoms with van der Waals surface area (Å²) in [6, 6.07) is 8.02. The number of H-pyrrole nitrogens is 1. The molecule has 0 aliphatic carbocycles. The number of benzene rings is 1. The molecule has 84 valence electrons. The van der Waals surface area contributed by atoms with Crippen LogP contribution in [-0.2, 0) is 13.1 Å². The Morgan fingerprint density at radius 3 is 3.06 bits per heavy atom. The van der Waals surface area contributed by atoms with E-state index in [9.17, 15) is 0 Å². The fourth-order valence-corrected chi connectivity index (χ4v) is 1.50. The lowest BCUT2D eigenvalue weighted by Gasteiger charge is -2.05. The predicted octanol–water partition coefficient (Wildman–Crippen LogP) is 1.71. The van der Waals surface area contributed by atoms with Gasteiger partial charge in [0.15, 0.2) is 0 Å². The second-order valence-electron chi connectivity index (χ2n) is 3.49. The van der Waals surface area contributed by atoms with E-state index >= 15 is 0 Å². The molecule has 0 fully saturated rings. The normalized spacial score (nSPS) is 10.3. The van der Waals surface area contributed by atoms with Crippen molar-refractivity contribution in [2.45, 2.75) is 13.1 Å². The highest BCUT2D eigenvalue weighted by atomic mass is 16.5. The van der Waals surface area contributed by atoms with Crippen LogP contribution in [0.3, 0.4) is 0 Å². The Labute approximate surface area is 94.7 Å². The smallest absolute Gasteiger partial charge is 0.120 e. The third kappa shape index (κ3) is 2.84. The highest BCUT2D eigenvalue weighted by Gasteiger charge is 1.97. The molecule has 1 heterocycles. The number of ether oxygens (including phenoxy) is 1. The van der Waals surface area contributed by atoms with Crippen LogP contribution in [0.2, 0.25) is 0 Å². The zero-order chi connectivity index (χ0) is 11.2. The molecule has 1 aromatic heterocycles. The summed E-state index contributed by atoms with van der Waals surface area (Å²) in [5, 5.41) is 3.31. The number of nitrogens with one attached hydrogen (secondary N) is 2. The fraction of sp³-hybridized carbons (Fsp3) is 0.250. The summed E-state index contributed by atoms with van der Waals surface area (Å²) in [6.07, 6.45) is 3.57. The maximum absolute atomic E-state index is 5.16. The van der Waals surface area contributed by atoms with Crippen molar-refractivity contribution in [3.63, 3.8) is 0 Å². The van der Waals surface area contributed by atoms with Crippen LogP contribution in [-0.4, -0.2) is 17.1 Å². The van der Waals surface area contributed by atoms with Crippen molar-refractivity contribution in [2.24, 2.45) is 0 Å². The van der Waals surface area contributed by atoms with Gasteiger partial charge in [-0.05, 0) is 17.7 Å². The Kier molecular flexibility index (Phi) is 3.56. The molecule has 2 rings (SSSR count). The summed E-state index contributed by atoms with van der Waals surface area (Å²) in [4.78, 5) is 7.19. The first-order valence-corrected chi connectivity index (χ1v) is 5.20. The second-order valence-corrected chi connectivity index (χ2v) is 3.49. The molecule has 0 spiro atoms. The first-order valence-electron chi connectivity index (χ1n) is 5.20. The summed E-state index contributed by atoms with van der Waals surface area (Å²) in [7, 11) is 1.68. The molecule has 0 aliphatic heterocycles. The molecule has 1 aromatic carbocycles. The summed E-state index contributed by atoms with van der Waals surface area (Å²) in [6.45, 7) is 1.54. The third-order valence-electron chi connectivity index (χ3n) is 2.31. The number of rotatable bonds is 5. The molecule has 0 aliphatic rings. The maximum atomic E-state index is 5.16. The van der Waals surface area contributed by atoms with Crippen LogP contribution in [0, 0.1) is 0 Å². The fourth-order valence-electron chi connectivity index (χ4n) is 1.50. The molecule has 2 aromatic rings. The molecular formula is C12H15N3O. The predicted molar refractivity (Wildman–Crippen MR) is 62.1 cm³/mol. The lowest BCUT2D eigenvalue weighted by Crippen LogP contribution is -2.13. The Morgan fingerprint density at radius 2 is 2.31 bits per heavy atom. The van der Waals surface area contributed by atoms with Gasteiger partial charge >= 0.3 is 0 Å². The van der Waals surface area contributed by atoms with E-state index in [4.69, 9.17) is 4.74 Å². The monoisotopic (exact) mass is 217 g/mol. The van der Waals surface area contributed by atoms with Crippen LogP contribution in [0.5, 0.6) is 5.75 Å². The molecule has 4 heteroatoms. The molecule has 4 nitrogen and oxygen atoms in total. The van der Waals surface area contributed by atoms with Gasteiger partial charge in [-0.1, -0.05) is 12.1 Å². The number of imidazole rings is 1. The minimum Gasteiger partial charge on any atom is -0.497 e. The Balaban J connectivity index is 1.85. The van der Waals surface area contributed by atoms with E-state index in [1.807, 2.05) is 24.4 Å². The van der Waals surface area contributed by atoms with Crippen LogP contribution >= 0.6 is 0 Å². The lowest BCUT2D eigenvalue weighted by atomic mass is 10.2. The van der Waals surface area contributed by atoms with Crippen LogP contribution in [0.25, 0.3) is 0 Å². The number of aromatic amines is 1. The molecule has 0 bridgehead atoms. The highest BCUT2D eigenvalue weighted by Crippen LogP contribution is 2.12. The van der Waals surface area contributed by atoms with Gasteiger partial charge in [0.1, 0.15) is 11.6 Å². The standard InChI is InChI=1S/C12H15N3O/c1-16-11-4-2-3-10(7-11)8-13-9-12-14-5-6-15-12/h2-7,13H,8-9H2,1H3,(H,14,15). The van der Waals surface area contributed by atoms with Gasteiger partial charge in [0.05, 0.1) is 13.7 Å². The van der Waals surface area contributed by atoms with E-state index < -0.39 is 0 Å². The lowest BCUT2D eigenvalue weighted by molar-refractivity contribution is 0.414. The Morgan fingerprint density at radius 1 is 1.38 bits per heavy atom. The molecule has 16 heavy (non-hydrogen) atoms. The number of methoxy groups -OCH3 is 1. The summed E-state index contributed by atoms with van der Waals surface area (Å²) in [5.41, 5.74) is 1.20. The first kappa shape index (κ1) is 10.7. The van der Waals surface area contributed by atoms with Gasteiger partial charge in [-0.2, -0.15) is 0 Å². The number of nitrogens with zero attached hydrogens (tertiary/aromatic N) is 1. The van der Waals surface area contributed by atoms with E-state index in [0.717, 1.165) is 24.7 Å². The minimum absolute atomic E-state index is 0.740. The zero-order valence-electron chi connectivity index (χ0n) is 9.23. The molecule has 0 radical (unpaired) electrons. The Bertz CT molecular complexity index is 426. The average Bonchev–Trinajstić information content (AvgIpc) is 2.82. The molecule has 0 atom stereocenters. The summed E-state index contributed by atoms with van der Waals surface area (Å²) >= 11 is 0. The quantitative estimate of drug-likeness (QED) is 0.801. The van der Waals surface area contributed by atoms with Gasteiger partial charge in [-0.3, -0.25) is 0 Å². The molecule has 0 saturated carbocycles. The zero-order valence-corrected chi connectivity index (χ0v) is 9.23. The van der Waals surface area contributed by atoms with Gasteiger partial charge in [0.25, 0.3) is 0 Å². The Hall–Kier alpha value is -1.81.